The van der Waals surface area contributed by atoms with Gasteiger partial charge in [-0.3, -0.25) is 0 Å². The van der Waals surface area contributed by atoms with E-state index in [9.17, 15) is 4.79 Å². The molecular formula is C12H15Br2NO2S. The molecule has 1 amide bonds. The molecule has 1 heterocycles. The molecule has 0 bridgehead atoms. The first-order valence-corrected chi connectivity index (χ1v) is 7.76. The molecule has 1 aromatic rings. The molecule has 0 atom stereocenters. The van der Waals surface area contributed by atoms with Crippen molar-refractivity contribution in [2.75, 3.05) is 6.54 Å². The zero-order chi connectivity index (χ0) is 13.8. The molecule has 1 aromatic heterocycles. The minimum absolute atomic E-state index is 0.402. The van der Waals surface area contributed by atoms with Crippen LogP contribution in [0.15, 0.2) is 20.4 Å². The highest BCUT2D eigenvalue weighted by Crippen LogP contribution is 2.32. The van der Waals surface area contributed by atoms with E-state index >= 15 is 0 Å². The van der Waals surface area contributed by atoms with Crippen molar-refractivity contribution in [1.29, 1.82) is 0 Å². The fraction of sp³-hybridized carbons (Fsp3) is 0.417. The predicted octanol–water partition coefficient (Wildman–Crippen LogP) is 4.81. The number of amides is 1. The third-order valence-corrected chi connectivity index (χ3v) is 4.93. The van der Waals surface area contributed by atoms with E-state index in [-0.39, 0.29) is 0 Å². The van der Waals surface area contributed by atoms with Crippen molar-refractivity contribution < 1.29 is 9.53 Å². The molecule has 0 aliphatic rings. The summed E-state index contributed by atoms with van der Waals surface area (Å²) in [6.07, 6.45) is 3.44. The average molecular weight is 397 g/mol. The predicted molar refractivity (Wildman–Crippen MR) is 83.0 cm³/mol. The monoisotopic (exact) mass is 395 g/mol. The quantitative estimate of drug-likeness (QED) is 0.795. The zero-order valence-electron chi connectivity index (χ0n) is 10.4. The highest BCUT2D eigenvalue weighted by molar-refractivity contribution is 9.13. The number of carbonyl (C=O) groups is 1. The maximum Gasteiger partial charge on any atom is 0.407 e. The number of halogens is 2. The molecule has 0 fully saturated rings. The van der Waals surface area contributed by atoms with Gasteiger partial charge in [-0.05, 0) is 64.8 Å². The molecule has 0 saturated heterocycles. The van der Waals surface area contributed by atoms with Gasteiger partial charge in [0.25, 0.3) is 0 Å². The fourth-order valence-corrected chi connectivity index (χ4v) is 3.10. The molecule has 0 spiro atoms. The summed E-state index contributed by atoms with van der Waals surface area (Å²) in [5, 5.41) is 2.66. The first-order valence-electron chi connectivity index (χ1n) is 5.36. The molecule has 0 aliphatic carbocycles. The first-order chi connectivity index (χ1) is 8.28. The molecule has 0 saturated carbocycles. The summed E-state index contributed by atoms with van der Waals surface area (Å²) < 4.78 is 7.21. The second kappa shape index (κ2) is 6.73. The number of hydrogen-bond donors (Lipinski definition) is 1. The van der Waals surface area contributed by atoms with Crippen molar-refractivity contribution in [3.63, 3.8) is 0 Å². The topological polar surface area (TPSA) is 38.3 Å². The lowest BCUT2D eigenvalue weighted by Crippen LogP contribution is -2.32. The molecule has 0 unspecified atom stereocenters. The Morgan fingerprint density at radius 3 is 2.67 bits per heavy atom. The number of rotatable bonds is 3. The molecule has 3 nitrogen and oxygen atoms in total. The van der Waals surface area contributed by atoms with Crippen LogP contribution in [0.1, 0.15) is 25.6 Å². The Balaban J connectivity index is 2.36. The van der Waals surface area contributed by atoms with Gasteiger partial charge in [-0.25, -0.2) is 4.79 Å². The Bertz CT molecular complexity index is 430. The average Bonchev–Trinajstić information content (AvgIpc) is 2.51. The van der Waals surface area contributed by atoms with Gasteiger partial charge >= 0.3 is 6.09 Å². The number of alkyl carbamates (subject to hydrolysis) is 1. The third kappa shape index (κ3) is 6.02. The summed E-state index contributed by atoms with van der Waals surface area (Å²) in [6.45, 7) is 5.96. The van der Waals surface area contributed by atoms with Crippen LogP contribution in [-0.4, -0.2) is 18.2 Å². The number of carbonyl (C=O) groups excluding carboxylic acids is 1. The van der Waals surface area contributed by atoms with E-state index < -0.39 is 11.7 Å². The van der Waals surface area contributed by atoms with Crippen LogP contribution in [0.4, 0.5) is 4.79 Å². The van der Waals surface area contributed by atoms with Crippen LogP contribution in [0.25, 0.3) is 6.08 Å². The molecule has 0 aromatic carbocycles. The minimum Gasteiger partial charge on any atom is -0.444 e. The van der Waals surface area contributed by atoms with Gasteiger partial charge in [-0.15, -0.1) is 11.3 Å². The molecule has 1 rings (SSSR count). The van der Waals surface area contributed by atoms with Gasteiger partial charge in [0, 0.05) is 15.9 Å². The largest absolute Gasteiger partial charge is 0.444 e. The lowest BCUT2D eigenvalue weighted by atomic mass is 10.2. The molecule has 6 heteroatoms. The van der Waals surface area contributed by atoms with E-state index in [4.69, 9.17) is 4.74 Å². The van der Waals surface area contributed by atoms with Crippen molar-refractivity contribution in [1.82, 2.24) is 5.32 Å². The van der Waals surface area contributed by atoms with Crippen molar-refractivity contribution >= 4 is 55.4 Å². The Kier molecular flexibility index (Phi) is 5.88. The third-order valence-electron chi connectivity index (χ3n) is 1.71. The van der Waals surface area contributed by atoms with Crippen molar-refractivity contribution in [3.05, 3.63) is 25.3 Å². The Morgan fingerprint density at radius 2 is 2.17 bits per heavy atom. The van der Waals surface area contributed by atoms with Crippen LogP contribution in [0.3, 0.4) is 0 Å². The van der Waals surface area contributed by atoms with Crippen LogP contribution in [-0.2, 0) is 4.74 Å². The molecular weight excluding hydrogens is 382 g/mol. The lowest BCUT2D eigenvalue weighted by molar-refractivity contribution is 0.0534. The van der Waals surface area contributed by atoms with Crippen LogP contribution >= 0.6 is 43.2 Å². The Morgan fingerprint density at radius 1 is 1.50 bits per heavy atom. The maximum atomic E-state index is 11.3. The van der Waals surface area contributed by atoms with Crippen LogP contribution in [0, 0.1) is 0 Å². The maximum absolute atomic E-state index is 11.3. The number of hydrogen-bond acceptors (Lipinski definition) is 3. The van der Waals surface area contributed by atoms with E-state index in [1.54, 1.807) is 11.3 Å². The number of ether oxygens (including phenoxy) is 1. The first kappa shape index (κ1) is 15.7. The van der Waals surface area contributed by atoms with E-state index in [1.807, 2.05) is 39.0 Å². The van der Waals surface area contributed by atoms with Crippen molar-refractivity contribution in [2.24, 2.45) is 0 Å². The minimum atomic E-state index is -0.461. The fourth-order valence-electron chi connectivity index (χ4n) is 1.08. The molecule has 0 aliphatic heterocycles. The highest BCUT2D eigenvalue weighted by atomic mass is 79.9. The smallest absolute Gasteiger partial charge is 0.407 e. The summed E-state index contributed by atoms with van der Waals surface area (Å²) in [6, 6.07) is 2.01. The highest BCUT2D eigenvalue weighted by Gasteiger charge is 2.14. The van der Waals surface area contributed by atoms with Gasteiger partial charge in [0.05, 0.1) is 3.79 Å². The van der Waals surface area contributed by atoms with Gasteiger partial charge in [-0.2, -0.15) is 0 Å². The summed E-state index contributed by atoms with van der Waals surface area (Å²) in [7, 11) is 0. The van der Waals surface area contributed by atoms with Crippen molar-refractivity contribution in [2.45, 2.75) is 26.4 Å². The van der Waals surface area contributed by atoms with Gasteiger partial charge in [0.1, 0.15) is 5.60 Å². The van der Waals surface area contributed by atoms with E-state index in [0.29, 0.717) is 6.54 Å². The van der Waals surface area contributed by atoms with E-state index in [0.717, 1.165) is 13.1 Å². The van der Waals surface area contributed by atoms with Crippen LogP contribution in [0.5, 0.6) is 0 Å². The summed E-state index contributed by atoms with van der Waals surface area (Å²) >= 11 is 8.47. The van der Waals surface area contributed by atoms with E-state index in [2.05, 4.69) is 37.2 Å². The summed E-state index contributed by atoms with van der Waals surface area (Å²) in [4.78, 5) is 12.5. The van der Waals surface area contributed by atoms with Crippen LogP contribution < -0.4 is 5.32 Å². The van der Waals surface area contributed by atoms with E-state index in [1.165, 1.54) is 0 Å². The van der Waals surface area contributed by atoms with Gasteiger partial charge in [0.15, 0.2) is 0 Å². The van der Waals surface area contributed by atoms with Gasteiger partial charge < -0.3 is 10.1 Å². The second-order valence-corrected chi connectivity index (χ2v) is 7.81. The van der Waals surface area contributed by atoms with Crippen LogP contribution in [0.2, 0.25) is 0 Å². The standard InChI is InChI=1S/C12H15Br2NO2S/c1-12(2,3)17-11(16)15-6-4-5-8-7-9(13)10(14)18-8/h4-5,7H,6H2,1-3H3,(H,15,16). The lowest BCUT2D eigenvalue weighted by Gasteiger charge is -2.19. The summed E-state index contributed by atoms with van der Waals surface area (Å²) in [5.74, 6) is 0. The SMILES string of the molecule is CC(C)(C)OC(=O)NCC=Cc1cc(Br)c(Br)s1. The molecule has 0 radical (unpaired) electrons. The molecule has 100 valence electrons. The molecule has 18 heavy (non-hydrogen) atoms. The number of thiophene rings is 1. The Labute approximate surface area is 128 Å². The molecule has 1 N–H and O–H groups in total. The zero-order valence-corrected chi connectivity index (χ0v) is 14.4. The summed E-state index contributed by atoms with van der Waals surface area (Å²) in [5.41, 5.74) is -0.461. The normalized spacial score (nSPS) is 11.8. The second-order valence-electron chi connectivity index (χ2n) is 4.56. The van der Waals surface area contributed by atoms with Gasteiger partial charge in [-0.1, -0.05) is 6.08 Å². The Hall–Kier alpha value is -0.330. The van der Waals surface area contributed by atoms with Gasteiger partial charge in [0.2, 0.25) is 0 Å². The number of nitrogens with one attached hydrogen (secondary N) is 1. The van der Waals surface area contributed by atoms with Crippen molar-refractivity contribution in [3.8, 4) is 0 Å².